The van der Waals surface area contributed by atoms with E-state index >= 15 is 0 Å². The molecule has 1 aromatic heterocycles. The molecule has 0 aromatic carbocycles. The minimum Gasteiger partial charge on any atom is -0.293 e. The molecule has 0 saturated carbocycles. The van der Waals surface area contributed by atoms with Crippen molar-refractivity contribution in [2.24, 2.45) is 0 Å². The molecule has 0 fully saturated rings. The number of alkyl halides is 2. The van der Waals surface area contributed by atoms with Crippen LogP contribution in [0.4, 0.5) is 5.95 Å². The maximum absolute atomic E-state index is 10.9. The normalized spacial score (nSPS) is 10.5. The van der Waals surface area contributed by atoms with E-state index in [1.807, 2.05) is 6.26 Å². The first-order valence-corrected chi connectivity index (χ1v) is 5.28. The second-order valence-electron chi connectivity index (χ2n) is 1.96. The molecule has 0 atom stereocenters. The second kappa shape index (κ2) is 4.69. The molecule has 1 heterocycles. The van der Waals surface area contributed by atoms with Crippen LogP contribution < -0.4 is 5.32 Å². The molecule has 1 rings (SSSR count). The molecule has 0 spiro atoms. The predicted molar refractivity (Wildman–Crippen MR) is 52.3 cm³/mol. The lowest BCUT2D eigenvalue weighted by atomic mass is 10.7. The van der Waals surface area contributed by atoms with Crippen molar-refractivity contribution in [2.45, 2.75) is 9.99 Å². The lowest BCUT2D eigenvalue weighted by Gasteiger charge is -1.99. The Morgan fingerprint density at radius 2 is 2.38 bits per heavy atom. The lowest BCUT2D eigenvalue weighted by molar-refractivity contribution is -0.114. The van der Waals surface area contributed by atoms with Gasteiger partial charge in [-0.2, -0.15) is 4.98 Å². The Morgan fingerprint density at radius 3 is 2.85 bits per heavy atom. The SMILES string of the molecule is CSc1n[nH]c(NC(=O)C(Cl)Cl)n1. The number of H-pyrrole nitrogens is 1. The van der Waals surface area contributed by atoms with Gasteiger partial charge >= 0.3 is 0 Å². The van der Waals surface area contributed by atoms with Crippen molar-refractivity contribution in [3.63, 3.8) is 0 Å². The van der Waals surface area contributed by atoms with E-state index in [0.717, 1.165) is 0 Å². The summed E-state index contributed by atoms with van der Waals surface area (Å²) in [5.74, 6) is -0.298. The quantitative estimate of drug-likeness (QED) is 0.617. The van der Waals surface area contributed by atoms with E-state index in [-0.39, 0.29) is 5.95 Å². The van der Waals surface area contributed by atoms with Crippen molar-refractivity contribution in [1.29, 1.82) is 0 Å². The molecule has 1 amide bonds. The van der Waals surface area contributed by atoms with E-state index in [9.17, 15) is 4.79 Å². The highest BCUT2D eigenvalue weighted by Gasteiger charge is 2.13. The van der Waals surface area contributed by atoms with E-state index in [1.165, 1.54) is 11.8 Å². The maximum atomic E-state index is 10.9. The third-order valence-electron chi connectivity index (χ3n) is 1.09. The van der Waals surface area contributed by atoms with Gasteiger partial charge in [0.05, 0.1) is 0 Å². The maximum Gasteiger partial charge on any atom is 0.260 e. The fourth-order valence-electron chi connectivity index (χ4n) is 0.565. The van der Waals surface area contributed by atoms with Gasteiger partial charge in [-0.1, -0.05) is 35.0 Å². The van der Waals surface area contributed by atoms with Gasteiger partial charge in [0.15, 0.2) is 4.84 Å². The van der Waals surface area contributed by atoms with Gasteiger partial charge in [-0.15, -0.1) is 5.10 Å². The Balaban J connectivity index is 2.59. The molecule has 0 aliphatic carbocycles. The summed E-state index contributed by atoms with van der Waals surface area (Å²) < 4.78 is 0. The monoisotopic (exact) mass is 240 g/mol. The Morgan fingerprint density at radius 1 is 1.69 bits per heavy atom. The van der Waals surface area contributed by atoms with Crippen LogP contribution in [-0.4, -0.2) is 32.2 Å². The highest BCUT2D eigenvalue weighted by atomic mass is 35.5. The zero-order valence-electron chi connectivity index (χ0n) is 6.54. The van der Waals surface area contributed by atoms with Crippen LogP contribution in [0.3, 0.4) is 0 Å². The first-order chi connectivity index (χ1) is 6.13. The third kappa shape index (κ3) is 3.06. The van der Waals surface area contributed by atoms with Crippen LogP contribution >= 0.6 is 35.0 Å². The number of aromatic nitrogens is 3. The third-order valence-corrected chi connectivity index (χ3v) is 2.03. The minimum atomic E-state index is -1.11. The van der Waals surface area contributed by atoms with Crippen LogP contribution in [0.5, 0.6) is 0 Å². The summed E-state index contributed by atoms with van der Waals surface area (Å²) >= 11 is 12.0. The Bertz CT molecular complexity index is 302. The number of anilines is 1. The molecule has 2 N–H and O–H groups in total. The zero-order chi connectivity index (χ0) is 9.84. The number of hydrogen-bond donors (Lipinski definition) is 2. The number of halogens is 2. The number of hydrogen-bond acceptors (Lipinski definition) is 4. The number of carbonyl (C=O) groups excluding carboxylic acids is 1. The van der Waals surface area contributed by atoms with Crippen LogP contribution in [0, 0.1) is 0 Å². The first kappa shape index (κ1) is 10.6. The lowest BCUT2D eigenvalue weighted by Crippen LogP contribution is -2.19. The largest absolute Gasteiger partial charge is 0.293 e. The van der Waals surface area contributed by atoms with E-state index in [4.69, 9.17) is 23.2 Å². The highest BCUT2D eigenvalue weighted by molar-refractivity contribution is 7.98. The van der Waals surface area contributed by atoms with Crippen LogP contribution in [0.25, 0.3) is 0 Å². The molecule has 8 heteroatoms. The number of amides is 1. The number of rotatable bonds is 3. The molecule has 1 aromatic rings. The van der Waals surface area contributed by atoms with Gasteiger partial charge in [-0.25, -0.2) is 5.10 Å². The summed E-state index contributed by atoms with van der Waals surface area (Å²) in [6.45, 7) is 0. The van der Waals surface area contributed by atoms with Crippen LogP contribution in [-0.2, 0) is 4.79 Å². The smallest absolute Gasteiger partial charge is 0.260 e. The summed E-state index contributed by atoms with van der Waals surface area (Å²) in [5.41, 5.74) is 0. The van der Waals surface area contributed by atoms with Crippen molar-refractivity contribution in [2.75, 3.05) is 11.6 Å². The standard InChI is InChI=1S/C5H6Cl2N4OS/c1-13-5-9-4(10-11-5)8-3(12)2(6)7/h2H,1H3,(H2,8,9,10,11,12). The van der Waals surface area contributed by atoms with Crippen LogP contribution in [0.15, 0.2) is 5.16 Å². The number of carbonyl (C=O) groups is 1. The summed E-state index contributed by atoms with van der Waals surface area (Å²) in [5, 5.41) is 9.17. The van der Waals surface area contributed by atoms with E-state index in [1.54, 1.807) is 0 Å². The van der Waals surface area contributed by atoms with Gasteiger partial charge in [0.1, 0.15) is 0 Å². The van der Waals surface area contributed by atoms with Crippen molar-refractivity contribution >= 4 is 46.8 Å². The number of thioether (sulfide) groups is 1. The molecule has 13 heavy (non-hydrogen) atoms. The fraction of sp³-hybridized carbons (Fsp3) is 0.400. The molecule has 72 valence electrons. The molecular formula is C5H6Cl2N4OS. The first-order valence-electron chi connectivity index (χ1n) is 3.19. The average Bonchev–Trinajstić information content (AvgIpc) is 2.52. The summed E-state index contributed by atoms with van der Waals surface area (Å²) in [7, 11) is 0. The molecule has 0 unspecified atom stereocenters. The van der Waals surface area contributed by atoms with E-state index in [0.29, 0.717) is 5.16 Å². The molecule has 0 saturated heterocycles. The molecule has 0 bridgehead atoms. The van der Waals surface area contributed by atoms with Gasteiger partial charge in [-0.05, 0) is 6.26 Å². The molecule has 0 aliphatic rings. The van der Waals surface area contributed by atoms with Gasteiger partial charge in [0, 0.05) is 0 Å². The number of nitrogens with one attached hydrogen (secondary N) is 2. The molecule has 5 nitrogen and oxygen atoms in total. The Hall–Kier alpha value is -0.460. The summed E-state index contributed by atoms with van der Waals surface area (Å²) in [6, 6.07) is 0. The number of aromatic amines is 1. The van der Waals surface area contributed by atoms with E-state index < -0.39 is 10.7 Å². The molecule has 0 aliphatic heterocycles. The Kier molecular flexibility index (Phi) is 3.83. The van der Waals surface area contributed by atoms with Crippen molar-refractivity contribution in [3.05, 3.63) is 0 Å². The van der Waals surface area contributed by atoms with Crippen LogP contribution in [0.2, 0.25) is 0 Å². The van der Waals surface area contributed by atoms with Gasteiger partial charge in [-0.3, -0.25) is 10.1 Å². The van der Waals surface area contributed by atoms with E-state index in [2.05, 4.69) is 20.5 Å². The van der Waals surface area contributed by atoms with Crippen molar-refractivity contribution in [3.8, 4) is 0 Å². The van der Waals surface area contributed by atoms with Gasteiger partial charge in [0.25, 0.3) is 5.91 Å². The topological polar surface area (TPSA) is 70.7 Å². The van der Waals surface area contributed by atoms with Gasteiger partial charge < -0.3 is 0 Å². The Labute approximate surface area is 88.6 Å². The van der Waals surface area contributed by atoms with Crippen LogP contribution in [0.1, 0.15) is 0 Å². The molecular weight excluding hydrogens is 235 g/mol. The zero-order valence-corrected chi connectivity index (χ0v) is 8.87. The van der Waals surface area contributed by atoms with Crippen molar-refractivity contribution in [1.82, 2.24) is 15.2 Å². The van der Waals surface area contributed by atoms with Gasteiger partial charge in [0.2, 0.25) is 11.1 Å². The highest BCUT2D eigenvalue weighted by Crippen LogP contribution is 2.10. The number of nitrogens with zero attached hydrogens (tertiary/aromatic N) is 2. The average molecular weight is 241 g/mol. The summed E-state index contributed by atoms with van der Waals surface area (Å²) in [4.78, 5) is 13.7. The van der Waals surface area contributed by atoms with Crippen molar-refractivity contribution < 1.29 is 4.79 Å². The summed E-state index contributed by atoms with van der Waals surface area (Å²) in [6.07, 6.45) is 1.82. The second-order valence-corrected chi connectivity index (χ2v) is 3.83. The minimum absolute atomic E-state index is 0.237. The fourth-order valence-corrected chi connectivity index (χ4v) is 0.993. The molecule has 0 radical (unpaired) electrons. The predicted octanol–water partition coefficient (Wildman–Crippen LogP) is 1.27.